The topological polar surface area (TPSA) is 66.4 Å². The number of aliphatic carboxylic acids is 1. The van der Waals surface area contributed by atoms with Gasteiger partial charge in [0.2, 0.25) is 5.91 Å². The van der Waals surface area contributed by atoms with E-state index in [4.69, 9.17) is 5.11 Å². The summed E-state index contributed by atoms with van der Waals surface area (Å²) in [7, 11) is 0. The van der Waals surface area contributed by atoms with Crippen molar-refractivity contribution in [3.8, 4) is 0 Å². The van der Waals surface area contributed by atoms with Crippen molar-refractivity contribution >= 4 is 11.9 Å². The molecule has 4 nitrogen and oxygen atoms in total. The molecule has 1 aliphatic rings. The van der Waals surface area contributed by atoms with Crippen LogP contribution in [0.3, 0.4) is 0 Å². The highest BCUT2D eigenvalue weighted by molar-refractivity contribution is 5.78. The molecule has 2 atom stereocenters. The fourth-order valence-corrected chi connectivity index (χ4v) is 2.24. The average molecular weight is 227 g/mol. The Morgan fingerprint density at radius 2 is 2.06 bits per heavy atom. The van der Waals surface area contributed by atoms with Gasteiger partial charge in [-0.1, -0.05) is 26.2 Å². The largest absolute Gasteiger partial charge is 0.481 e. The molecule has 0 aromatic carbocycles. The molecule has 0 radical (unpaired) electrons. The van der Waals surface area contributed by atoms with E-state index in [9.17, 15) is 9.59 Å². The Labute approximate surface area is 96.4 Å². The number of hydrogen-bond acceptors (Lipinski definition) is 2. The van der Waals surface area contributed by atoms with Crippen LogP contribution in [0.25, 0.3) is 0 Å². The molecule has 0 bridgehead atoms. The lowest BCUT2D eigenvalue weighted by atomic mass is 10.0. The summed E-state index contributed by atoms with van der Waals surface area (Å²) in [6.45, 7) is 2.09. The summed E-state index contributed by atoms with van der Waals surface area (Å²) >= 11 is 0. The van der Waals surface area contributed by atoms with Gasteiger partial charge in [-0.3, -0.25) is 9.59 Å². The summed E-state index contributed by atoms with van der Waals surface area (Å²) in [5.41, 5.74) is 0. The molecule has 0 aliphatic heterocycles. The first-order valence-electron chi connectivity index (χ1n) is 6.17. The number of nitrogens with one attached hydrogen (secondary N) is 1. The maximum absolute atomic E-state index is 11.5. The first kappa shape index (κ1) is 13.0. The normalized spacial score (nSPS) is 24.3. The number of carbonyl (C=O) groups is 2. The molecule has 1 aliphatic carbocycles. The Kier molecular flexibility index (Phi) is 5.29. The zero-order valence-electron chi connectivity index (χ0n) is 9.87. The summed E-state index contributed by atoms with van der Waals surface area (Å²) in [5, 5.41) is 11.8. The minimum atomic E-state index is -0.781. The van der Waals surface area contributed by atoms with Crippen molar-refractivity contribution in [2.75, 3.05) is 0 Å². The second kappa shape index (κ2) is 6.51. The highest BCUT2D eigenvalue weighted by atomic mass is 16.4. The molecular formula is C12H21NO3. The molecule has 1 rings (SSSR count). The predicted molar refractivity (Wildman–Crippen MR) is 61.0 cm³/mol. The fraction of sp³-hybridized carbons (Fsp3) is 0.833. The smallest absolute Gasteiger partial charge is 0.308 e. The number of rotatable bonds is 6. The molecule has 1 fully saturated rings. The van der Waals surface area contributed by atoms with Crippen LogP contribution in [-0.2, 0) is 9.59 Å². The number of hydrogen-bond donors (Lipinski definition) is 2. The molecule has 2 unspecified atom stereocenters. The number of carbonyl (C=O) groups excluding carboxylic acids is 1. The average Bonchev–Trinajstić information content (AvgIpc) is 2.66. The van der Waals surface area contributed by atoms with Gasteiger partial charge in [0.25, 0.3) is 0 Å². The zero-order valence-corrected chi connectivity index (χ0v) is 9.87. The molecule has 0 spiro atoms. The maximum Gasteiger partial charge on any atom is 0.308 e. The second-order valence-corrected chi connectivity index (χ2v) is 4.51. The van der Waals surface area contributed by atoms with E-state index in [1.165, 1.54) is 0 Å². The van der Waals surface area contributed by atoms with Gasteiger partial charge in [0, 0.05) is 12.5 Å². The number of carboxylic acid groups (broad SMARTS) is 1. The van der Waals surface area contributed by atoms with Crippen molar-refractivity contribution in [3.05, 3.63) is 0 Å². The van der Waals surface area contributed by atoms with Gasteiger partial charge in [0.05, 0.1) is 5.92 Å². The van der Waals surface area contributed by atoms with E-state index in [1.807, 2.05) is 0 Å². The molecule has 0 aromatic rings. The molecule has 1 amide bonds. The van der Waals surface area contributed by atoms with Gasteiger partial charge in [-0.05, 0) is 19.3 Å². The van der Waals surface area contributed by atoms with Gasteiger partial charge >= 0.3 is 5.97 Å². The monoisotopic (exact) mass is 227 g/mol. The number of amides is 1. The first-order valence-corrected chi connectivity index (χ1v) is 6.17. The predicted octanol–water partition coefficient (Wildman–Crippen LogP) is 1.94. The lowest BCUT2D eigenvalue weighted by Gasteiger charge is -2.17. The molecule has 0 heterocycles. The summed E-state index contributed by atoms with van der Waals surface area (Å²) in [4.78, 5) is 22.4. The molecule has 16 heavy (non-hydrogen) atoms. The van der Waals surface area contributed by atoms with Crippen LogP contribution in [0.1, 0.15) is 51.9 Å². The zero-order chi connectivity index (χ0) is 12.0. The van der Waals surface area contributed by atoms with E-state index in [1.54, 1.807) is 0 Å². The lowest BCUT2D eigenvalue weighted by Crippen LogP contribution is -2.40. The Bertz CT molecular complexity index is 253. The van der Waals surface area contributed by atoms with Crippen LogP contribution in [0.15, 0.2) is 0 Å². The van der Waals surface area contributed by atoms with Crippen LogP contribution in [0.5, 0.6) is 0 Å². The molecule has 2 N–H and O–H groups in total. The third-order valence-corrected chi connectivity index (χ3v) is 3.19. The third kappa shape index (κ3) is 3.83. The van der Waals surface area contributed by atoms with Gasteiger partial charge in [0.1, 0.15) is 0 Å². The van der Waals surface area contributed by atoms with Gasteiger partial charge in [-0.15, -0.1) is 0 Å². The molecule has 1 saturated carbocycles. The van der Waals surface area contributed by atoms with Crippen molar-refractivity contribution < 1.29 is 14.7 Å². The van der Waals surface area contributed by atoms with Gasteiger partial charge in [0.15, 0.2) is 0 Å². The SMILES string of the molecule is CCCCCC(=O)NC1CCCC1C(=O)O. The van der Waals surface area contributed by atoms with E-state index < -0.39 is 5.97 Å². The van der Waals surface area contributed by atoms with Crippen LogP contribution in [0.2, 0.25) is 0 Å². The van der Waals surface area contributed by atoms with Crippen molar-refractivity contribution in [1.82, 2.24) is 5.32 Å². The molecule has 92 valence electrons. The molecule has 0 aromatic heterocycles. The number of unbranched alkanes of at least 4 members (excludes halogenated alkanes) is 2. The molecular weight excluding hydrogens is 206 g/mol. The van der Waals surface area contributed by atoms with E-state index >= 15 is 0 Å². The van der Waals surface area contributed by atoms with Crippen LogP contribution < -0.4 is 5.32 Å². The van der Waals surface area contributed by atoms with Crippen LogP contribution in [0, 0.1) is 5.92 Å². The van der Waals surface area contributed by atoms with E-state index in [0.717, 1.165) is 32.1 Å². The Hall–Kier alpha value is -1.06. The summed E-state index contributed by atoms with van der Waals surface area (Å²) in [6, 6.07) is -0.147. The Balaban J connectivity index is 2.30. The number of carboxylic acids is 1. The third-order valence-electron chi connectivity index (χ3n) is 3.19. The van der Waals surface area contributed by atoms with Gasteiger partial charge in [-0.2, -0.15) is 0 Å². The lowest BCUT2D eigenvalue weighted by molar-refractivity contribution is -0.142. The highest BCUT2D eigenvalue weighted by Gasteiger charge is 2.33. The van der Waals surface area contributed by atoms with E-state index in [0.29, 0.717) is 12.8 Å². The van der Waals surface area contributed by atoms with Gasteiger partial charge < -0.3 is 10.4 Å². The summed E-state index contributed by atoms with van der Waals surface area (Å²) in [6.07, 6.45) is 5.96. The highest BCUT2D eigenvalue weighted by Crippen LogP contribution is 2.25. The first-order chi connectivity index (χ1) is 7.65. The van der Waals surface area contributed by atoms with Crippen LogP contribution >= 0.6 is 0 Å². The quantitative estimate of drug-likeness (QED) is 0.681. The van der Waals surface area contributed by atoms with Crippen LogP contribution in [0.4, 0.5) is 0 Å². The van der Waals surface area contributed by atoms with Crippen molar-refractivity contribution in [3.63, 3.8) is 0 Å². The minimum absolute atomic E-state index is 0.00611. The van der Waals surface area contributed by atoms with Crippen LogP contribution in [-0.4, -0.2) is 23.0 Å². The molecule has 4 heteroatoms. The molecule has 0 saturated heterocycles. The van der Waals surface area contributed by atoms with E-state index in [-0.39, 0.29) is 17.9 Å². The summed E-state index contributed by atoms with van der Waals surface area (Å²) in [5.74, 6) is -1.15. The standard InChI is InChI=1S/C12H21NO3/c1-2-3-4-8-11(14)13-10-7-5-6-9(10)12(15)16/h9-10H,2-8H2,1H3,(H,13,14)(H,15,16). The Morgan fingerprint density at radius 1 is 1.31 bits per heavy atom. The fourth-order valence-electron chi connectivity index (χ4n) is 2.24. The van der Waals surface area contributed by atoms with Crippen molar-refractivity contribution in [2.24, 2.45) is 5.92 Å². The summed E-state index contributed by atoms with van der Waals surface area (Å²) < 4.78 is 0. The van der Waals surface area contributed by atoms with E-state index in [2.05, 4.69) is 12.2 Å². The van der Waals surface area contributed by atoms with Crippen molar-refractivity contribution in [1.29, 1.82) is 0 Å². The van der Waals surface area contributed by atoms with Gasteiger partial charge in [-0.25, -0.2) is 0 Å². The second-order valence-electron chi connectivity index (χ2n) is 4.51. The Morgan fingerprint density at radius 3 is 2.69 bits per heavy atom. The maximum atomic E-state index is 11.5. The minimum Gasteiger partial charge on any atom is -0.481 e. The van der Waals surface area contributed by atoms with Crippen molar-refractivity contribution in [2.45, 2.75) is 57.9 Å².